The van der Waals surface area contributed by atoms with Crippen LogP contribution in [0.25, 0.3) is 0 Å². The minimum Gasteiger partial charge on any atom is -1.00 e. The predicted molar refractivity (Wildman–Crippen MR) is 117 cm³/mol. The molecular weight excluding hydrogens is 382 g/mol. The topological polar surface area (TPSA) is 43.4 Å². The molecule has 3 nitrogen and oxygen atoms in total. The SMILES string of the molecule is CCCCCCCCCCCC(=O)OC(=O)CCCCCCCCCCC.[H-].[H-].[Na+].[Na+]. The molecule has 0 bridgehead atoms. The van der Waals surface area contributed by atoms with Crippen LogP contribution in [0, 0.1) is 0 Å². The number of rotatable bonds is 20. The van der Waals surface area contributed by atoms with Crippen molar-refractivity contribution >= 4 is 11.9 Å². The van der Waals surface area contributed by atoms with E-state index in [9.17, 15) is 9.59 Å². The molecule has 0 rings (SSSR count). The number of unbranched alkanes of at least 4 members (excludes halogenated alkanes) is 16. The Bertz CT molecular complexity index is 328. The molecule has 0 unspecified atom stereocenters. The smallest absolute Gasteiger partial charge is 1.00 e. The van der Waals surface area contributed by atoms with Crippen LogP contribution >= 0.6 is 0 Å². The van der Waals surface area contributed by atoms with Crippen LogP contribution in [0.4, 0.5) is 0 Å². The van der Waals surface area contributed by atoms with E-state index in [-0.39, 0.29) is 73.9 Å². The fraction of sp³-hybridized carbons (Fsp3) is 0.917. The molecule has 0 atom stereocenters. The molecule has 0 saturated carbocycles. The van der Waals surface area contributed by atoms with Crippen LogP contribution in [-0.2, 0) is 14.3 Å². The Labute approximate surface area is 228 Å². The van der Waals surface area contributed by atoms with Gasteiger partial charge in [0.05, 0.1) is 0 Å². The zero-order valence-corrected chi connectivity index (χ0v) is 24.4. The van der Waals surface area contributed by atoms with Gasteiger partial charge < -0.3 is 7.59 Å². The summed E-state index contributed by atoms with van der Waals surface area (Å²) in [4.78, 5) is 23.4. The van der Waals surface area contributed by atoms with Gasteiger partial charge in [0, 0.05) is 12.8 Å². The number of ether oxygens (including phenoxy) is 1. The number of esters is 2. The van der Waals surface area contributed by atoms with E-state index in [1.54, 1.807) is 0 Å². The molecule has 0 aromatic rings. The summed E-state index contributed by atoms with van der Waals surface area (Å²) in [6.45, 7) is 4.47. The molecule has 0 heterocycles. The Morgan fingerprint density at radius 2 is 0.724 bits per heavy atom. The van der Waals surface area contributed by atoms with Crippen molar-refractivity contribution in [3.8, 4) is 0 Å². The van der Waals surface area contributed by atoms with Crippen molar-refractivity contribution in [2.75, 3.05) is 0 Å². The minimum absolute atomic E-state index is 0. The second kappa shape index (κ2) is 29.1. The summed E-state index contributed by atoms with van der Waals surface area (Å²) in [5.41, 5.74) is 0. The maximum Gasteiger partial charge on any atom is 1.00 e. The largest absolute Gasteiger partial charge is 1.00 e. The monoisotopic (exact) mass is 430 g/mol. The molecule has 0 aliphatic carbocycles. The van der Waals surface area contributed by atoms with Crippen LogP contribution in [0.2, 0.25) is 0 Å². The Morgan fingerprint density at radius 3 is 1.00 bits per heavy atom. The molecule has 0 aromatic heterocycles. The van der Waals surface area contributed by atoms with Gasteiger partial charge in [-0.15, -0.1) is 0 Å². The van der Waals surface area contributed by atoms with Crippen LogP contribution < -0.4 is 59.1 Å². The standard InChI is InChI=1S/C24H46O3.2Na.2H/c1-3-5-7-9-11-13-15-17-19-21-23(25)27-24(26)22-20-18-16-14-12-10-8-6-4-2;;;;/h3-22H2,1-2H3;;;;/q;2*+1;2*-1. The third-order valence-electron chi connectivity index (χ3n) is 5.20. The van der Waals surface area contributed by atoms with Gasteiger partial charge in [-0.25, -0.2) is 0 Å². The van der Waals surface area contributed by atoms with Gasteiger partial charge in [-0.05, 0) is 12.8 Å². The Hall–Kier alpha value is 1.14. The Morgan fingerprint density at radius 1 is 0.483 bits per heavy atom. The van der Waals surface area contributed by atoms with E-state index >= 15 is 0 Å². The Balaban J connectivity index is -0.000000563. The second-order valence-corrected chi connectivity index (χ2v) is 8.00. The molecule has 29 heavy (non-hydrogen) atoms. The number of hydrogen-bond donors (Lipinski definition) is 0. The van der Waals surface area contributed by atoms with Gasteiger partial charge in [0.15, 0.2) is 0 Å². The number of carbonyl (C=O) groups is 2. The average Bonchev–Trinajstić information content (AvgIpc) is 2.65. The third kappa shape index (κ3) is 29.1. The van der Waals surface area contributed by atoms with Crippen molar-refractivity contribution in [3.63, 3.8) is 0 Å². The van der Waals surface area contributed by atoms with Crippen molar-refractivity contribution in [2.24, 2.45) is 0 Å². The first-order chi connectivity index (χ1) is 13.2. The van der Waals surface area contributed by atoms with E-state index in [2.05, 4.69) is 13.8 Å². The molecule has 0 aliphatic rings. The third-order valence-corrected chi connectivity index (χ3v) is 5.20. The van der Waals surface area contributed by atoms with Crippen molar-refractivity contribution in [2.45, 2.75) is 142 Å². The van der Waals surface area contributed by atoms with E-state index in [0.717, 1.165) is 25.7 Å². The summed E-state index contributed by atoms with van der Waals surface area (Å²) in [7, 11) is 0. The van der Waals surface area contributed by atoms with Crippen molar-refractivity contribution in [3.05, 3.63) is 0 Å². The Kier molecular flexibility index (Phi) is 34.9. The number of hydrogen-bond acceptors (Lipinski definition) is 3. The summed E-state index contributed by atoms with van der Waals surface area (Å²) in [6.07, 6.45) is 22.8. The normalized spacial score (nSPS) is 10.1. The molecule has 0 N–H and O–H groups in total. The minimum atomic E-state index is -0.334. The average molecular weight is 431 g/mol. The molecule has 5 heteroatoms. The van der Waals surface area contributed by atoms with E-state index in [0.29, 0.717) is 12.8 Å². The zero-order valence-electron chi connectivity index (χ0n) is 22.4. The summed E-state index contributed by atoms with van der Waals surface area (Å²) in [5.74, 6) is -0.669. The second-order valence-electron chi connectivity index (χ2n) is 8.00. The molecule has 0 aromatic carbocycles. The molecule has 0 radical (unpaired) electrons. The van der Waals surface area contributed by atoms with E-state index in [1.807, 2.05) is 0 Å². The summed E-state index contributed by atoms with van der Waals surface area (Å²) >= 11 is 0. The van der Waals surface area contributed by atoms with Gasteiger partial charge in [-0.1, -0.05) is 117 Å². The van der Waals surface area contributed by atoms with Gasteiger partial charge in [-0.3, -0.25) is 9.59 Å². The van der Waals surface area contributed by atoms with Crippen LogP contribution in [0.3, 0.4) is 0 Å². The first kappa shape index (κ1) is 34.7. The summed E-state index contributed by atoms with van der Waals surface area (Å²) in [5, 5.41) is 0. The van der Waals surface area contributed by atoms with Gasteiger partial charge >= 0.3 is 71.1 Å². The molecule has 0 fully saturated rings. The molecular formula is C24H48Na2O3. The van der Waals surface area contributed by atoms with Crippen LogP contribution in [0.5, 0.6) is 0 Å². The van der Waals surface area contributed by atoms with Crippen molar-refractivity contribution < 1.29 is 76.3 Å². The summed E-state index contributed by atoms with van der Waals surface area (Å²) < 4.78 is 4.92. The van der Waals surface area contributed by atoms with Gasteiger partial charge in [0.25, 0.3) is 0 Å². The van der Waals surface area contributed by atoms with Crippen molar-refractivity contribution in [1.82, 2.24) is 0 Å². The van der Waals surface area contributed by atoms with Gasteiger partial charge in [-0.2, -0.15) is 0 Å². The fourth-order valence-corrected chi connectivity index (χ4v) is 3.39. The molecule has 0 amide bonds. The molecule has 0 aliphatic heterocycles. The quantitative estimate of drug-likeness (QED) is 0.129. The summed E-state index contributed by atoms with van der Waals surface area (Å²) in [6, 6.07) is 0. The first-order valence-electron chi connectivity index (χ1n) is 11.9. The first-order valence-corrected chi connectivity index (χ1v) is 11.9. The zero-order chi connectivity index (χ0) is 20.0. The van der Waals surface area contributed by atoms with Crippen LogP contribution in [0.15, 0.2) is 0 Å². The molecule has 0 saturated heterocycles. The predicted octanol–water partition coefficient (Wildman–Crippen LogP) is 2.13. The van der Waals surface area contributed by atoms with E-state index in [4.69, 9.17) is 4.74 Å². The fourth-order valence-electron chi connectivity index (χ4n) is 3.39. The maximum atomic E-state index is 11.7. The van der Waals surface area contributed by atoms with E-state index < -0.39 is 0 Å². The number of carbonyl (C=O) groups excluding carboxylic acids is 2. The maximum absolute atomic E-state index is 11.7. The van der Waals surface area contributed by atoms with Gasteiger partial charge in [0.2, 0.25) is 0 Å². The van der Waals surface area contributed by atoms with Crippen LogP contribution in [-0.4, -0.2) is 11.9 Å². The van der Waals surface area contributed by atoms with Crippen LogP contribution in [0.1, 0.15) is 145 Å². The van der Waals surface area contributed by atoms with E-state index in [1.165, 1.54) is 89.9 Å². The van der Waals surface area contributed by atoms with Crippen molar-refractivity contribution in [1.29, 1.82) is 0 Å². The molecule has 164 valence electrons. The molecule has 0 spiro atoms. The van der Waals surface area contributed by atoms with Gasteiger partial charge in [0.1, 0.15) is 0 Å².